The van der Waals surface area contributed by atoms with Crippen LogP contribution < -0.4 is 15.0 Å². The van der Waals surface area contributed by atoms with Crippen molar-refractivity contribution in [2.24, 2.45) is 0 Å². The molecule has 0 aromatic heterocycles. The van der Waals surface area contributed by atoms with E-state index in [9.17, 15) is 9.59 Å². The lowest BCUT2D eigenvalue weighted by Gasteiger charge is -2.46. The van der Waals surface area contributed by atoms with Gasteiger partial charge < -0.3 is 19.9 Å². The molecule has 0 spiro atoms. The molecule has 2 aromatic rings. The molecule has 1 atom stereocenters. The number of benzene rings is 2. The molecule has 0 unspecified atom stereocenters. The molecule has 2 amide bonds. The van der Waals surface area contributed by atoms with Crippen LogP contribution in [0.4, 0.5) is 11.4 Å². The van der Waals surface area contributed by atoms with E-state index in [-0.39, 0.29) is 18.0 Å². The number of fused-ring (bicyclic) bond motifs is 2. The Kier molecular flexibility index (Phi) is 4.48. The monoisotopic (exact) mass is 365 g/mol. The number of amides is 2. The van der Waals surface area contributed by atoms with E-state index in [1.807, 2.05) is 36.2 Å². The van der Waals surface area contributed by atoms with Crippen molar-refractivity contribution in [1.82, 2.24) is 4.90 Å². The van der Waals surface area contributed by atoms with Gasteiger partial charge in [-0.3, -0.25) is 9.59 Å². The molecule has 1 N–H and O–H groups in total. The van der Waals surface area contributed by atoms with Crippen molar-refractivity contribution >= 4 is 23.2 Å². The van der Waals surface area contributed by atoms with Crippen molar-refractivity contribution in [3.8, 4) is 5.75 Å². The highest BCUT2D eigenvalue weighted by Gasteiger charge is 2.37. The fraction of sp³-hybridized carbons (Fsp3) is 0.333. The van der Waals surface area contributed by atoms with Gasteiger partial charge in [0.15, 0.2) is 0 Å². The first kappa shape index (κ1) is 17.4. The van der Waals surface area contributed by atoms with Gasteiger partial charge in [0.05, 0.1) is 18.4 Å². The van der Waals surface area contributed by atoms with Crippen LogP contribution in [0.5, 0.6) is 5.75 Å². The molecule has 2 aliphatic heterocycles. The summed E-state index contributed by atoms with van der Waals surface area (Å²) in [6, 6.07) is 12.5. The number of piperidine rings is 1. The maximum Gasteiger partial charge on any atom is 0.257 e. The topological polar surface area (TPSA) is 61.9 Å². The van der Waals surface area contributed by atoms with Crippen LogP contribution in [-0.4, -0.2) is 43.6 Å². The fourth-order valence-corrected chi connectivity index (χ4v) is 3.92. The third-order valence-corrected chi connectivity index (χ3v) is 5.38. The number of rotatable bonds is 3. The van der Waals surface area contributed by atoms with Crippen LogP contribution in [0.25, 0.3) is 0 Å². The van der Waals surface area contributed by atoms with Crippen LogP contribution in [0.3, 0.4) is 0 Å². The van der Waals surface area contributed by atoms with Gasteiger partial charge in [0, 0.05) is 30.9 Å². The maximum absolute atomic E-state index is 12.8. The van der Waals surface area contributed by atoms with Gasteiger partial charge in [-0.25, -0.2) is 0 Å². The van der Waals surface area contributed by atoms with Crippen LogP contribution in [0, 0.1) is 0 Å². The lowest BCUT2D eigenvalue weighted by molar-refractivity contribution is 0.0589. The van der Waals surface area contributed by atoms with E-state index in [2.05, 4.69) is 10.2 Å². The summed E-state index contributed by atoms with van der Waals surface area (Å²) in [5, 5.41) is 2.89. The molecule has 1 saturated heterocycles. The number of carbonyl (C=O) groups excluding carboxylic acids is 2. The number of hydrogen-bond acceptors (Lipinski definition) is 4. The highest BCUT2D eigenvalue weighted by molar-refractivity contribution is 6.08. The predicted molar refractivity (Wildman–Crippen MR) is 104 cm³/mol. The Morgan fingerprint density at radius 1 is 1.19 bits per heavy atom. The fourth-order valence-electron chi connectivity index (χ4n) is 3.92. The first-order valence-electron chi connectivity index (χ1n) is 9.22. The van der Waals surface area contributed by atoms with E-state index in [0.717, 1.165) is 31.5 Å². The van der Waals surface area contributed by atoms with Crippen molar-refractivity contribution in [2.75, 3.05) is 30.9 Å². The van der Waals surface area contributed by atoms with Gasteiger partial charge >= 0.3 is 0 Å². The summed E-state index contributed by atoms with van der Waals surface area (Å²) < 4.78 is 5.19. The van der Waals surface area contributed by atoms with Gasteiger partial charge in [0.25, 0.3) is 11.8 Å². The van der Waals surface area contributed by atoms with Crippen molar-refractivity contribution < 1.29 is 14.3 Å². The smallest absolute Gasteiger partial charge is 0.257 e. The zero-order chi connectivity index (χ0) is 19.0. The molecule has 1 fully saturated rings. The second-order valence-corrected chi connectivity index (χ2v) is 7.00. The van der Waals surface area contributed by atoms with Crippen molar-refractivity contribution in [2.45, 2.75) is 25.4 Å². The molecular weight excluding hydrogens is 342 g/mol. The number of carbonyl (C=O) groups is 2. The summed E-state index contributed by atoms with van der Waals surface area (Å²) >= 11 is 0. The average Bonchev–Trinajstić information content (AvgIpc) is 2.71. The van der Waals surface area contributed by atoms with Crippen LogP contribution in [0.15, 0.2) is 42.5 Å². The molecule has 27 heavy (non-hydrogen) atoms. The van der Waals surface area contributed by atoms with Crippen molar-refractivity contribution in [3.63, 3.8) is 0 Å². The van der Waals surface area contributed by atoms with E-state index in [0.29, 0.717) is 22.6 Å². The highest BCUT2D eigenvalue weighted by Crippen LogP contribution is 2.35. The number of nitrogens with zero attached hydrogens (tertiary/aromatic N) is 2. The SMILES string of the molecule is COc1cccc(NC(=O)c2ccc3c(c2)N(C)[C@@H]2CCCCN2C3=O)c1. The van der Waals surface area contributed by atoms with E-state index < -0.39 is 0 Å². The van der Waals surface area contributed by atoms with Crippen LogP contribution >= 0.6 is 0 Å². The second-order valence-electron chi connectivity index (χ2n) is 7.00. The molecule has 2 aliphatic rings. The minimum absolute atomic E-state index is 0.0625. The summed E-state index contributed by atoms with van der Waals surface area (Å²) in [5.41, 5.74) is 2.68. The Morgan fingerprint density at radius 2 is 2.04 bits per heavy atom. The molecule has 0 bridgehead atoms. The van der Waals surface area contributed by atoms with Crippen LogP contribution in [-0.2, 0) is 0 Å². The number of methoxy groups -OCH3 is 1. The van der Waals surface area contributed by atoms with E-state index in [1.165, 1.54) is 0 Å². The Morgan fingerprint density at radius 3 is 2.85 bits per heavy atom. The van der Waals surface area contributed by atoms with Crippen molar-refractivity contribution in [3.05, 3.63) is 53.6 Å². The third-order valence-electron chi connectivity index (χ3n) is 5.38. The van der Waals surface area contributed by atoms with Gasteiger partial charge in [-0.15, -0.1) is 0 Å². The molecule has 6 heteroatoms. The van der Waals surface area contributed by atoms with Crippen LogP contribution in [0.1, 0.15) is 40.0 Å². The lowest BCUT2D eigenvalue weighted by atomic mass is 9.97. The zero-order valence-corrected chi connectivity index (χ0v) is 15.6. The van der Waals surface area contributed by atoms with Gasteiger partial charge in [0.2, 0.25) is 0 Å². The number of anilines is 2. The standard InChI is InChI=1S/C21H23N3O3/c1-23-18-12-14(20(25)22-15-6-5-7-16(13-15)27-2)9-10-17(18)21(26)24-11-4-3-8-19(23)24/h5-7,9-10,12-13,19H,3-4,8,11H2,1-2H3,(H,22,25)/t19-/m0/s1. The lowest BCUT2D eigenvalue weighted by Crippen LogP contribution is -2.55. The minimum Gasteiger partial charge on any atom is -0.497 e. The molecule has 4 rings (SSSR count). The largest absolute Gasteiger partial charge is 0.497 e. The predicted octanol–water partition coefficient (Wildman–Crippen LogP) is 3.35. The molecule has 0 radical (unpaired) electrons. The third kappa shape index (κ3) is 3.12. The highest BCUT2D eigenvalue weighted by atomic mass is 16.5. The van der Waals surface area contributed by atoms with Gasteiger partial charge in [-0.2, -0.15) is 0 Å². The first-order chi connectivity index (χ1) is 13.1. The Labute approximate surface area is 158 Å². The van der Waals surface area contributed by atoms with Gasteiger partial charge in [-0.05, 0) is 49.6 Å². The number of nitrogens with one attached hydrogen (secondary N) is 1. The second kappa shape index (κ2) is 6.95. The molecule has 2 heterocycles. The molecule has 0 aliphatic carbocycles. The average molecular weight is 365 g/mol. The molecular formula is C21H23N3O3. The zero-order valence-electron chi connectivity index (χ0n) is 15.6. The Bertz CT molecular complexity index is 896. The molecule has 6 nitrogen and oxygen atoms in total. The maximum atomic E-state index is 12.8. The summed E-state index contributed by atoms with van der Waals surface area (Å²) in [4.78, 5) is 29.6. The van der Waals surface area contributed by atoms with Crippen LogP contribution in [0.2, 0.25) is 0 Å². The quantitative estimate of drug-likeness (QED) is 0.906. The van der Waals surface area contributed by atoms with Gasteiger partial charge in [-0.1, -0.05) is 6.07 Å². The summed E-state index contributed by atoms with van der Waals surface area (Å²) in [6.07, 6.45) is 3.20. The van der Waals surface area contributed by atoms with E-state index >= 15 is 0 Å². The van der Waals surface area contributed by atoms with E-state index in [1.54, 1.807) is 25.3 Å². The van der Waals surface area contributed by atoms with Gasteiger partial charge in [0.1, 0.15) is 11.9 Å². The molecule has 0 saturated carbocycles. The summed E-state index contributed by atoms with van der Waals surface area (Å²) in [7, 11) is 3.59. The van der Waals surface area contributed by atoms with Crippen molar-refractivity contribution in [1.29, 1.82) is 0 Å². The molecule has 2 aromatic carbocycles. The first-order valence-corrected chi connectivity index (χ1v) is 9.22. The summed E-state index contributed by atoms with van der Waals surface area (Å²) in [5.74, 6) is 0.534. The molecule has 140 valence electrons. The number of ether oxygens (including phenoxy) is 1. The summed E-state index contributed by atoms with van der Waals surface area (Å²) in [6.45, 7) is 0.797. The normalized spacial score (nSPS) is 18.6. The Hall–Kier alpha value is -3.02. The minimum atomic E-state index is -0.210. The Balaban J connectivity index is 1.61. The number of hydrogen-bond donors (Lipinski definition) is 1. The van der Waals surface area contributed by atoms with E-state index in [4.69, 9.17) is 4.74 Å².